The number of carbonyl (C=O) groups excluding carboxylic acids is 1. The van der Waals surface area contributed by atoms with Crippen LogP contribution in [0.3, 0.4) is 0 Å². The molecule has 1 atom stereocenters. The van der Waals surface area contributed by atoms with E-state index < -0.39 is 11.7 Å². The van der Waals surface area contributed by atoms with E-state index in [2.05, 4.69) is 10.9 Å². The fourth-order valence-electron chi connectivity index (χ4n) is 0.531. The van der Waals surface area contributed by atoms with Gasteiger partial charge in [-0.25, -0.2) is 10.2 Å². The van der Waals surface area contributed by atoms with Crippen LogP contribution in [0.4, 0.5) is 4.79 Å². The predicted molar refractivity (Wildman–Crippen MR) is 49.1 cm³/mol. The van der Waals surface area contributed by atoms with Crippen LogP contribution < -0.4 is 10.9 Å². The van der Waals surface area contributed by atoms with E-state index in [0.29, 0.717) is 0 Å². The van der Waals surface area contributed by atoms with E-state index in [1.807, 2.05) is 0 Å². The van der Waals surface area contributed by atoms with E-state index in [-0.39, 0.29) is 12.6 Å². The van der Waals surface area contributed by atoms with Gasteiger partial charge in [0.25, 0.3) is 0 Å². The minimum absolute atomic E-state index is 0.0458. The van der Waals surface area contributed by atoms with Crippen molar-refractivity contribution in [3.8, 4) is 0 Å². The first-order valence-corrected chi connectivity index (χ1v) is 4.20. The molecule has 0 saturated carbocycles. The molecule has 0 bridgehead atoms. The highest BCUT2D eigenvalue weighted by Crippen LogP contribution is 2.05. The van der Waals surface area contributed by atoms with Crippen molar-refractivity contribution in [1.29, 1.82) is 0 Å². The molecular weight excluding hydrogens is 172 g/mol. The van der Waals surface area contributed by atoms with Gasteiger partial charge in [-0.3, -0.25) is 5.43 Å². The van der Waals surface area contributed by atoms with Gasteiger partial charge in [0, 0.05) is 6.04 Å². The molecule has 0 saturated heterocycles. The maximum Gasteiger partial charge on any atom is 0.422 e. The summed E-state index contributed by atoms with van der Waals surface area (Å²) < 4.78 is 4.94. The van der Waals surface area contributed by atoms with Gasteiger partial charge in [0.15, 0.2) is 0 Å². The van der Waals surface area contributed by atoms with Gasteiger partial charge >= 0.3 is 6.09 Å². The van der Waals surface area contributed by atoms with Gasteiger partial charge in [0.2, 0.25) is 0 Å². The quantitative estimate of drug-likeness (QED) is 0.563. The first kappa shape index (κ1) is 12.2. The summed E-state index contributed by atoms with van der Waals surface area (Å²) in [7, 11) is 0. The number of hydrogen-bond donors (Lipinski definition) is 3. The third kappa shape index (κ3) is 7.55. The van der Waals surface area contributed by atoms with Crippen molar-refractivity contribution in [1.82, 2.24) is 10.9 Å². The minimum Gasteiger partial charge on any atom is -0.443 e. The molecule has 3 N–H and O–H groups in total. The minimum atomic E-state index is -0.548. The molecule has 0 aliphatic rings. The first-order valence-electron chi connectivity index (χ1n) is 4.20. The van der Waals surface area contributed by atoms with Crippen LogP contribution in [0.15, 0.2) is 0 Å². The molecule has 78 valence electrons. The fraction of sp³-hybridized carbons (Fsp3) is 0.875. The number of rotatable bonds is 3. The third-order valence-corrected chi connectivity index (χ3v) is 1.09. The smallest absolute Gasteiger partial charge is 0.422 e. The molecule has 0 unspecified atom stereocenters. The Labute approximate surface area is 78.4 Å². The average Bonchev–Trinajstić information content (AvgIpc) is 1.97. The molecule has 13 heavy (non-hydrogen) atoms. The maximum atomic E-state index is 11.0. The summed E-state index contributed by atoms with van der Waals surface area (Å²) in [5, 5.41) is 8.63. The van der Waals surface area contributed by atoms with E-state index >= 15 is 0 Å². The molecule has 0 fully saturated rings. The van der Waals surface area contributed by atoms with E-state index in [9.17, 15) is 4.79 Å². The van der Waals surface area contributed by atoms with E-state index in [4.69, 9.17) is 9.84 Å². The van der Waals surface area contributed by atoms with Crippen LogP contribution >= 0.6 is 0 Å². The topological polar surface area (TPSA) is 70.6 Å². The van der Waals surface area contributed by atoms with Gasteiger partial charge in [-0.05, 0) is 27.7 Å². The van der Waals surface area contributed by atoms with E-state index in [1.54, 1.807) is 27.7 Å². The molecule has 5 nitrogen and oxygen atoms in total. The number of ether oxygens (including phenoxy) is 1. The average molecular weight is 190 g/mol. The molecule has 0 aromatic rings. The molecule has 0 rings (SSSR count). The van der Waals surface area contributed by atoms with Crippen LogP contribution in [0.1, 0.15) is 27.7 Å². The summed E-state index contributed by atoms with van der Waals surface area (Å²) in [5.41, 5.74) is 4.39. The number of aliphatic hydroxyl groups excluding tert-OH is 1. The molecule has 0 radical (unpaired) electrons. The first-order chi connectivity index (χ1) is 5.85. The van der Waals surface area contributed by atoms with Crippen LogP contribution in [0.2, 0.25) is 0 Å². The highest BCUT2D eigenvalue weighted by atomic mass is 16.6. The van der Waals surface area contributed by atoms with E-state index in [0.717, 1.165) is 0 Å². The fourth-order valence-corrected chi connectivity index (χ4v) is 0.531. The van der Waals surface area contributed by atoms with Crippen molar-refractivity contribution in [2.75, 3.05) is 6.61 Å². The Morgan fingerprint density at radius 2 is 2.08 bits per heavy atom. The lowest BCUT2D eigenvalue weighted by atomic mass is 10.2. The zero-order valence-electron chi connectivity index (χ0n) is 8.55. The summed E-state index contributed by atoms with van der Waals surface area (Å²) in [6.45, 7) is 7.03. The molecule has 0 aromatic carbocycles. The van der Waals surface area contributed by atoms with Crippen LogP contribution in [0.5, 0.6) is 0 Å². The van der Waals surface area contributed by atoms with Gasteiger partial charge in [0.1, 0.15) is 5.60 Å². The third-order valence-electron chi connectivity index (χ3n) is 1.09. The molecule has 5 heteroatoms. The molecule has 1 amide bonds. The standard InChI is InChI=1S/C8H18N2O3/c1-6(5-11)9-10-7(12)13-8(2,3)4/h6,9,11H,5H2,1-4H3,(H,10,12)/t6-/m1/s1. The Kier molecular flexibility index (Phi) is 4.72. The molecule has 0 aliphatic carbocycles. The van der Waals surface area contributed by atoms with Gasteiger partial charge < -0.3 is 9.84 Å². The molecule has 0 heterocycles. The Morgan fingerprint density at radius 3 is 2.46 bits per heavy atom. The monoisotopic (exact) mass is 190 g/mol. The molecule has 0 spiro atoms. The van der Waals surface area contributed by atoms with Gasteiger partial charge in [-0.2, -0.15) is 0 Å². The van der Waals surface area contributed by atoms with Crippen molar-refractivity contribution >= 4 is 6.09 Å². The number of amides is 1. The SMILES string of the molecule is C[C@H](CO)NNC(=O)OC(C)(C)C. The summed E-state index contributed by atoms with van der Waals surface area (Å²) in [5.74, 6) is 0. The summed E-state index contributed by atoms with van der Waals surface area (Å²) >= 11 is 0. The van der Waals surface area contributed by atoms with Crippen molar-refractivity contribution in [2.24, 2.45) is 0 Å². The molecular formula is C8H18N2O3. The largest absolute Gasteiger partial charge is 0.443 e. The highest BCUT2D eigenvalue weighted by Gasteiger charge is 2.15. The lowest BCUT2D eigenvalue weighted by molar-refractivity contribution is 0.0482. The molecule has 0 aliphatic heterocycles. The summed E-state index contributed by atoms with van der Waals surface area (Å²) in [4.78, 5) is 11.0. The number of nitrogens with one attached hydrogen (secondary N) is 2. The lowest BCUT2D eigenvalue weighted by Gasteiger charge is -2.20. The van der Waals surface area contributed by atoms with Crippen molar-refractivity contribution in [3.63, 3.8) is 0 Å². The van der Waals surface area contributed by atoms with Crippen molar-refractivity contribution in [3.05, 3.63) is 0 Å². The number of hydrazine groups is 1. The lowest BCUT2D eigenvalue weighted by Crippen LogP contribution is -2.46. The summed E-state index contributed by atoms with van der Waals surface area (Å²) in [6, 6.07) is -0.187. The Hall–Kier alpha value is -0.810. The van der Waals surface area contributed by atoms with Crippen LogP contribution in [0.25, 0.3) is 0 Å². The second-order valence-corrected chi connectivity index (χ2v) is 3.85. The zero-order valence-corrected chi connectivity index (χ0v) is 8.55. The highest BCUT2D eigenvalue weighted by molar-refractivity contribution is 5.66. The van der Waals surface area contributed by atoms with Gasteiger partial charge in [-0.1, -0.05) is 0 Å². The second-order valence-electron chi connectivity index (χ2n) is 3.85. The van der Waals surface area contributed by atoms with Crippen LogP contribution in [-0.2, 0) is 4.74 Å². The predicted octanol–water partition coefficient (Wildman–Crippen LogP) is 0.396. The van der Waals surface area contributed by atoms with E-state index in [1.165, 1.54) is 0 Å². The maximum absolute atomic E-state index is 11.0. The number of carbonyl (C=O) groups is 1. The van der Waals surface area contributed by atoms with Crippen molar-refractivity contribution in [2.45, 2.75) is 39.3 Å². The normalized spacial score (nSPS) is 13.6. The second kappa shape index (κ2) is 5.04. The molecule has 0 aromatic heterocycles. The Bertz CT molecular complexity index is 165. The van der Waals surface area contributed by atoms with Crippen molar-refractivity contribution < 1.29 is 14.6 Å². The van der Waals surface area contributed by atoms with Gasteiger partial charge in [0.05, 0.1) is 6.61 Å². The summed E-state index contributed by atoms with van der Waals surface area (Å²) in [6.07, 6.45) is -0.548. The number of hydrogen-bond acceptors (Lipinski definition) is 4. The van der Waals surface area contributed by atoms with Crippen LogP contribution in [0, 0.1) is 0 Å². The Balaban J connectivity index is 3.64. The van der Waals surface area contributed by atoms with Crippen LogP contribution in [-0.4, -0.2) is 29.4 Å². The Morgan fingerprint density at radius 1 is 1.54 bits per heavy atom. The zero-order chi connectivity index (χ0) is 10.5. The van der Waals surface area contributed by atoms with Gasteiger partial charge in [-0.15, -0.1) is 0 Å². The number of aliphatic hydroxyl groups is 1.